The standard InChI is InChI=1S/C9H9B8/c1-5(11)4(10)8(14,15)6(2,12)7(3,13)9(5,16)17/h1-3H3. The SMILES string of the molecule is [B]C1([B])C(=[B])C([B])(C)C([B])([B])C([B])(C)C1([B])C. The van der Waals surface area contributed by atoms with E-state index in [0.717, 1.165) is 0 Å². The topological polar surface area (TPSA) is 0 Å². The van der Waals surface area contributed by atoms with Gasteiger partial charge in [-0.05, 0) is 0 Å². The van der Waals surface area contributed by atoms with Crippen molar-refractivity contribution in [2.45, 2.75) is 47.1 Å². The van der Waals surface area contributed by atoms with Crippen LogP contribution in [0.15, 0.2) is 0 Å². The van der Waals surface area contributed by atoms with Gasteiger partial charge in [0.1, 0.15) is 0 Å². The summed E-state index contributed by atoms with van der Waals surface area (Å²) in [5.41, 5.74) is 0.0305. The molecule has 0 aromatic rings. The summed E-state index contributed by atoms with van der Waals surface area (Å²) in [6.07, 6.45) is 0. The Hall–Kier alpha value is 0.389. The van der Waals surface area contributed by atoms with E-state index in [2.05, 4.69) is 0 Å². The molecule has 1 aliphatic rings. The van der Waals surface area contributed by atoms with Crippen LogP contribution in [0.4, 0.5) is 0 Å². The molecule has 15 radical (unpaired) electrons. The predicted octanol–water partition coefficient (Wildman–Crippen LogP) is -0.711. The van der Waals surface area contributed by atoms with E-state index in [9.17, 15) is 0 Å². The van der Waals surface area contributed by atoms with Crippen molar-refractivity contribution in [2.24, 2.45) is 0 Å². The van der Waals surface area contributed by atoms with Crippen LogP contribution in [0.3, 0.4) is 0 Å². The molecular formula is C9H9B8. The Kier molecular flexibility index (Phi) is 3.16. The monoisotopic (exact) mass is 205 g/mol. The van der Waals surface area contributed by atoms with Gasteiger partial charge >= 0.3 is 115 Å². The molecule has 0 bridgehead atoms. The Labute approximate surface area is 115 Å². The molecule has 0 spiro atoms. The summed E-state index contributed by atoms with van der Waals surface area (Å²) in [5, 5.41) is -7.14. The van der Waals surface area contributed by atoms with E-state index in [0.29, 0.717) is 0 Å². The average molecular weight is 204 g/mol. The third-order valence-electron chi connectivity index (χ3n) is 4.66. The second kappa shape index (κ2) is 3.48. The van der Waals surface area contributed by atoms with E-state index >= 15 is 0 Å². The van der Waals surface area contributed by atoms with E-state index in [1.807, 2.05) is 0 Å². The predicted molar refractivity (Wildman–Crippen MR) is 81.5 cm³/mol. The molecule has 0 nitrogen and oxygen atoms in total. The Bertz CT molecular complexity index is 333. The van der Waals surface area contributed by atoms with E-state index < -0.39 is 26.4 Å². The third kappa shape index (κ3) is 1.45. The molecule has 3 atom stereocenters. The molecule has 17 heavy (non-hydrogen) atoms. The molecule has 1 saturated carbocycles. The van der Waals surface area contributed by atoms with Gasteiger partial charge in [0.2, 0.25) is 0 Å². The van der Waals surface area contributed by atoms with E-state index in [-0.39, 0.29) is 5.46 Å². The second-order valence-corrected chi connectivity index (χ2v) is 5.76. The fraction of sp³-hybridized carbons (Fsp3) is 0.889. The van der Waals surface area contributed by atoms with Gasteiger partial charge in [-0.3, -0.25) is 0 Å². The fourth-order valence-corrected chi connectivity index (χ4v) is 2.33. The van der Waals surface area contributed by atoms with Crippen molar-refractivity contribution in [3.63, 3.8) is 0 Å². The molecule has 0 heterocycles. The van der Waals surface area contributed by atoms with Crippen molar-refractivity contribution >= 4 is 67.9 Å². The Morgan fingerprint density at radius 1 is 0.706 bits per heavy atom. The fourth-order valence-electron chi connectivity index (χ4n) is 2.33. The van der Waals surface area contributed by atoms with Gasteiger partial charge in [0, 0.05) is 0 Å². The summed E-state index contributed by atoms with van der Waals surface area (Å²) in [6, 6.07) is 0. The molecule has 69 valence electrons. The van der Waals surface area contributed by atoms with Crippen LogP contribution in [0, 0.1) is 0 Å². The molecule has 1 fully saturated rings. The molecule has 0 saturated heterocycles. The summed E-state index contributed by atoms with van der Waals surface area (Å²) in [6.45, 7) is 4.67. The third-order valence-corrected chi connectivity index (χ3v) is 4.66. The van der Waals surface area contributed by atoms with Crippen LogP contribution < -0.4 is 0 Å². The summed E-state index contributed by atoms with van der Waals surface area (Å²) in [4.78, 5) is 0. The zero-order valence-electron chi connectivity index (χ0n) is 10.6. The maximum absolute atomic E-state index is 6.16. The molecule has 8 heteroatoms. The first-order chi connectivity index (χ1) is 7.15. The molecule has 0 N–H and O–H groups in total. The summed E-state index contributed by atoms with van der Waals surface area (Å²) >= 11 is 0. The van der Waals surface area contributed by atoms with Gasteiger partial charge in [0.05, 0.1) is 0 Å². The van der Waals surface area contributed by atoms with E-state index in [1.165, 1.54) is 6.92 Å². The zero-order chi connectivity index (χ0) is 14.1. The van der Waals surface area contributed by atoms with Crippen molar-refractivity contribution in [3.8, 4) is 0 Å². The van der Waals surface area contributed by atoms with Crippen molar-refractivity contribution < 1.29 is 0 Å². The first-order valence-electron chi connectivity index (χ1n) is 5.31. The first kappa shape index (κ1) is 15.4. The van der Waals surface area contributed by atoms with Gasteiger partial charge in [-0.25, -0.2) is 0 Å². The van der Waals surface area contributed by atoms with Crippen molar-refractivity contribution in [1.29, 1.82) is 0 Å². The van der Waals surface area contributed by atoms with Crippen LogP contribution in [-0.4, -0.2) is 67.9 Å². The zero-order valence-corrected chi connectivity index (χ0v) is 10.6. The van der Waals surface area contributed by atoms with Crippen LogP contribution >= 0.6 is 0 Å². The normalized spacial score (nSPS) is 48.7. The first-order valence-corrected chi connectivity index (χ1v) is 5.31. The molecule has 1 rings (SSSR count). The van der Waals surface area contributed by atoms with Crippen LogP contribution in [0.25, 0.3) is 0 Å². The summed E-state index contributed by atoms with van der Waals surface area (Å²) in [7, 11) is 48.4. The van der Waals surface area contributed by atoms with Gasteiger partial charge in [0.15, 0.2) is 0 Å². The molecule has 1 aliphatic carbocycles. The molecule has 0 amide bonds. The van der Waals surface area contributed by atoms with Crippen molar-refractivity contribution in [3.05, 3.63) is 0 Å². The Morgan fingerprint density at radius 2 is 1.06 bits per heavy atom. The van der Waals surface area contributed by atoms with Crippen LogP contribution in [0.5, 0.6) is 0 Å². The van der Waals surface area contributed by atoms with E-state index in [1.54, 1.807) is 13.8 Å². The Morgan fingerprint density at radius 3 is 1.41 bits per heavy atom. The quantitative estimate of drug-likeness (QED) is 0.457. The number of hydrogen-bond acceptors (Lipinski definition) is 0. The minimum absolute atomic E-state index is 0.0305. The van der Waals surface area contributed by atoms with Gasteiger partial charge in [-0.1, -0.05) is 0 Å². The van der Waals surface area contributed by atoms with Gasteiger partial charge in [0.25, 0.3) is 0 Å². The van der Waals surface area contributed by atoms with Crippen molar-refractivity contribution in [1.82, 2.24) is 0 Å². The number of hydrogen-bond donors (Lipinski definition) is 0. The van der Waals surface area contributed by atoms with E-state index in [4.69, 9.17) is 62.4 Å². The van der Waals surface area contributed by atoms with Crippen LogP contribution in [0.2, 0.25) is 26.4 Å². The minimum atomic E-state index is -1.58. The van der Waals surface area contributed by atoms with Crippen molar-refractivity contribution in [2.75, 3.05) is 0 Å². The molecular weight excluding hydrogens is 195 g/mol. The molecule has 0 aromatic heterocycles. The Balaban J connectivity index is 3.62. The molecule has 0 aliphatic heterocycles. The summed E-state index contributed by atoms with van der Waals surface area (Å²) < 4.78 is 0. The van der Waals surface area contributed by atoms with Crippen LogP contribution in [0.1, 0.15) is 20.8 Å². The molecule has 3 unspecified atom stereocenters. The van der Waals surface area contributed by atoms with Gasteiger partial charge in [-0.15, -0.1) is 0 Å². The summed E-state index contributed by atoms with van der Waals surface area (Å²) in [5.74, 6) is 0. The van der Waals surface area contributed by atoms with Gasteiger partial charge < -0.3 is 0 Å². The van der Waals surface area contributed by atoms with Gasteiger partial charge in [-0.2, -0.15) is 0 Å². The van der Waals surface area contributed by atoms with Crippen LogP contribution in [-0.2, 0) is 0 Å². The second-order valence-electron chi connectivity index (χ2n) is 5.76. The molecule has 0 aromatic carbocycles. The average Bonchev–Trinajstić information content (AvgIpc) is 2.13. The maximum atomic E-state index is 6.16. The number of rotatable bonds is 0.